The van der Waals surface area contributed by atoms with Crippen molar-refractivity contribution < 1.29 is 14.3 Å². The second-order valence-corrected chi connectivity index (χ2v) is 17.8. The van der Waals surface area contributed by atoms with E-state index >= 15 is 0 Å². The first kappa shape index (κ1) is 28.9. The average Bonchev–Trinajstić information content (AvgIpc) is 3.46. The van der Waals surface area contributed by atoms with E-state index in [0.29, 0.717) is 15.6 Å². The quantitative estimate of drug-likeness (QED) is 0.165. The van der Waals surface area contributed by atoms with E-state index in [0.717, 1.165) is 37.0 Å². The van der Waals surface area contributed by atoms with E-state index in [1.807, 2.05) is 0 Å². The van der Waals surface area contributed by atoms with Crippen molar-refractivity contribution in [3.63, 3.8) is 0 Å². The Morgan fingerprint density at radius 1 is 0.946 bits per heavy atom. The molecule has 5 rings (SSSR count). The van der Waals surface area contributed by atoms with Gasteiger partial charge < -0.3 is 9.47 Å². The third kappa shape index (κ3) is 3.47. The molecule has 1 heterocycles. The molecule has 1 saturated heterocycles. The molecule has 4 aliphatic carbocycles. The summed E-state index contributed by atoms with van der Waals surface area (Å²) in [5.74, 6) is 2.58. The van der Waals surface area contributed by atoms with E-state index in [-0.39, 0.29) is 44.9 Å². The molecular formula is C32H52Br2O3. The van der Waals surface area contributed by atoms with Gasteiger partial charge in [0, 0.05) is 32.8 Å². The lowest BCUT2D eigenvalue weighted by atomic mass is 9.38. The van der Waals surface area contributed by atoms with Gasteiger partial charge in [0.2, 0.25) is 0 Å². The average molecular weight is 645 g/mol. The highest BCUT2D eigenvalue weighted by Gasteiger charge is 2.94. The van der Waals surface area contributed by atoms with E-state index in [2.05, 4.69) is 87.2 Å². The van der Waals surface area contributed by atoms with E-state index in [9.17, 15) is 4.79 Å². The Balaban J connectivity index is 1.50. The predicted molar refractivity (Wildman–Crippen MR) is 158 cm³/mol. The minimum atomic E-state index is -0.167. The number of carbonyl (C=O) groups excluding carboxylic acids is 1. The van der Waals surface area contributed by atoms with E-state index in [4.69, 9.17) is 9.47 Å². The number of carbonyl (C=O) groups is 1. The van der Waals surface area contributed by atoms with Crippen LogP contribution in [0.5, 0.6) is 0 Å². The molecular weight excluding hydrogens is 592 g/mol. The summed E-state index contributed by atoms with van der Waals surface area (Å²) in [6, 6.07) is 0. The van der Waals surface area contributed by atoms with Gasteiger partial charge in [-0.25, -0.2) is 0 Å². The number of ether oxygens (including phenoxy) is 2. The first-order valence-electron chi connectivity index (χ1n) is 15.2. The van der Waals surface area contributed by atoms with Crippen molar-refractivity contribution in [3.8, 4) is 0 Å². The molecule has 37 heavy (non-hydrogen) atoms. The van der Waals surface area contributed by atoms with Crippen molar-refractivity contribution in [1.82, 2.24) is 0 Å². The molecule has 0 aromatic carbocycles. The Hall–Kier alpha value is 0.390. The van der Waals surface area contributed by atoms with Gasteiger partial charge in [0.1, 0.15) is 17.3 Å². The molecule has 1 aliphatic heterocycles. The molecule has 11 atom stereocenters. The number of halogens is 2. The van der Waals surface area contributed by atoms with Crippen LogP contribution in [0.25, 0.3) is 0 Å². The van der Waals surface area contributed by atoms with Crippen LogP contribution in [0.2, 0.25) is 0 Å². The molecule has 0 aromatic rings. The molecule has 5 fully saturated rings. The summed E-state index contributed by atoms with van der Waals surface area (Å²) < 4.78 is 13.4. The van der Waals surface area contributed by atoms with Gasteiger partial charge in [-0.15, -0.1) is 0 Å². The minimum Gasteiger partial charge on any atom is -0.462 e. The van der Waals surface area contributed by atoms with Crippen LogP contribution in [0, 0.1) is 45.3 Å². The number of hydrogen-bond acceptors (Lipinski definition) is 3. The molecule has 0 N–H and O–H groups in total. The van der Waals surface area contributed by atoms with Crippen LogP contribution >= 0.6 is 31.9 Å². The van der Waals surface area contributed by atoms with Crippen LogP contribution in [-0.2, 0) is 14.3 Å². The topological polar surface area (TPSA) is 38.8 Å². The molecule has 5 heteroatoms. The summed E-state index contributed by atoms with van der Waals surface area (Å²) in [5, 5.41) is 0. The van der Waals surface area contributed by atoms with Crippen molar-refractivity contribution >= 4 is 37.8 Å². The number of alkyl halides is 2. The number of rotatable bonds is 6. The fourth-order valence-electron chi connectivity index (χ4n) is 11.3. The summed E-state index contributed by atoms with van der Waals surface area (Å²) in [5.41, 5.74) is 0.0765. The molecule has 0 radical (unpaired) electrons. The van der Waals surface area contributed by atoms with Gasteiger partial charge in [0.05, 0.1) is 0 Å². The molecule has 4 saturated carbocycles. The summed E-state index contributed by atoms with van der Waals surface area (Å²) in [7, 11) is 0. The molecule has 5 aliphatic rings. The summed E-state index contributed by atoms with van der Waals surface area (Å²) in [6.07, 6.45) is 10.9. The first-order valence-corrected chi connectivity index (χ1v) is 17.0. The van der Waals surface area contributed by atoms with E-state index in [1.54, 1.807) is 6.92 Å². The first-order chi connectivity index (χ1) is 17.0. The highest BCUT2D eigenvalue weighted by molar-refractivity contribution is 9.10. The van der Waals surface area contributed by atoms with Crippen LogP contribution in [0.15, 0.2) is 0 Å². The van der Waals surface area contributed by atoms with Gasteiger partial charge in [-0.3, -0.25) is 4.79 Å². The molecule has 212 valence electrons. The van der Waals surface area contributed by atoms with Gasteiger partial charge >= 0.3 is 5.97 Å². The zero-order chi connectivity index (χ0) is 27.4. The van der Waals surface area contributed by atoms with Crippen LogP contribution in [0.3, 0.4) is 0 Å². The SMILES string of the molecule is CC(=O)OC1CCC2(C)C(CC(Br)C34OC23C(Br)CC2(C)C(C(C)CCCC(C)C)CCC24C)C1(C)C. The van der Waals surface area contributed by atoms with Crippen molar-refractivity contribution in [3.05, 3.63) is 0 Å². The molecule has 0 amide bonds. The van der Waals surface area contributed by atoms with E-state index in [1.165, 1.54) is 38.5 Å². The Morgan fingerprint density at radius 3 is 2.24 bits per heavy atom. The summed E-state index contributed by atoms with van der Waals surface area (Å²) >= 11 is 8.67. The second-order valence-electron chi connectivity index (χ2n) is 15.6. The predicted octanol–water partition coefficient (Wildman–Crippen LogP) is 9.09. The monoisotopic (exact) mass is 642 g/mol. The lowest BCUT2D eigenvalue weighted by Crippen LogP contribution is -2.72. The summed E-state index contributed by atoms with van der Waals surface area (Å²) in [6.45, 7) is 21.3. The molecule has 0 aromatic heterocycles. The zero-order valence-corrected chi connectivity index (χ0v) is 28.1. The minimum absolute atomic E-state index is 0.0220. The largest absolute Gasteiger partial charge is 0.462 e. The van der Waals surface area contributed by atoms with Gasteiger partial charge in [-0.05, 0) is 67.6 Å². The van der Waals surface area contributed by atoms with Gasteiger partial charge in [-0.1, -0.05) is 107 Å². The van der Waals surface area contributed by atoms with Crippen LogP contribution in [0.4, 0.5) is 0 Å². The van der Waals surface area contributed by atoms with Crippen molar-refractivity contribution in [2.75, 3.05) is 0 Å². The fourth-order valence-corrected chi connectivity index (χ4v) is 14.3. The molecule has 0 bridgehead atoms. The van der Waals surface area contributed by atoms with Gasteiger partial charge in [0.25, 0.3) is 0 Å². The number of hydrogen-bond donors (Lipinski definition) is 0. The van der Waals surface area contributed by atoms with Crippen molar-refractivity contribution in [2.24, 2.45) is 45.3 Å². The van der Waals surface area contributed by atoms with Crippen LogP contribution in [-0.4, -0.2) is 32.9 Å². The smallest absolute Gasteiger partial charge is 0.302 e. The standard InChI is InChI=1S/C32H52Br2O3/c1-19(2)11-10-12-20(3)22-13-16-30(9)29(22,8)18-25(34)31-28(7)15-14-26(36-21(4)35)27(5,6)23(28)17-24(33)32(30,31)37-31/h19-20,22-26H,10-18H2,1-9H3. The molecule has 0 spiro atoms. The van der Waals surface area contributed by atoms with Gasteiger partial charge in [0.15, 0.2) is 0 Å². The highest BCUT2D eigenvalue weighted by atomic mass is 79.9. The normalized spacial score (nSPS) is 52.5. The van der Waals surface area contributed by atoms with Crippen LogP contribution < -0.4 is 0 Å². The zero-order valence-electron chi connectivity index (χ0n) is 24.9. The maximum atomic E-state index is 12.0. The molecule has 3 nitrogen and oxygen atoms in total. The maximum absolute atomic E-state index is 12.0. The number of fused-ring (bicyclic) bond motifs is 2. The number of epoxide rings is 1. The van der Waals surface area contributed by atoms with Crippen molar-refractivity contribution in [2.45, 2.75) is 147 Å². The molecule has 11 unspecified atom stereocenters. The lowest BCUT2D eigenvalue weighted by Gasteiger charge is -2.66. The number of esters is 1. The van der Waals surface area contributed by atoms with Crippen LogP contribution in [0.1, 0.15) is 120 Å². The fraction of sp³-hybridized carbons (Fsp3) is 0.969. The Labute approximate surface area is 243 Å². The third-order valence-electron chi connectivity index (χ3n) is 13.3. The lowest BCUT2D eigenvalue weighted by molar-refractivity contribution is -0.182. The highest BCUT2D eigenvalue weighted by Crippen LogP contribution is 2.87. The van der Waals surface area contributed by atoms with Gasteiger partial charge in [-0.2, -0.15) is 0 Å². The van der Waals surface area contributed by atoms with E-state index < -0.39 is 0 Å². The Morgan fingerprint density at radius 2 is 1.62 bits per heavy atom. The summed E-state index contributed by atoms with van der Waals surface area (Å²) in [4.78, 5) is 12.6. The second kappa shape index (κ2) is 8.94. The Bertz CT molecular complexity index is 935. The van der Waals surface area contributed by atoms with Crippen molar-refractivity contribution in [1.29, 1.82) is 0 Å². The Kier molecular flexibility index (Phi) is 6.99. The maximum Gasteiger partial charge on any atom is 0.302 e. The third-order valence-corrected chi connectivity index (χ3v) is 15.3.